The van der Waals surface area contributed by atoms with Crippen LogP contribution in [0.1, 0.15) is 142 Å². The number of carboxylic acid groups (broad SMARTS) is 1. The van der Waals surface area contributed by atoms with E-state index in [0.717, 1.165) is 51.4 Å². The zero-order valence-corrected chi connectivity index (χ0v) is 27.3. The highest BCUT2D eigenvalue weighted by atomic mass is 16.5. The lowest BCUT2D eigenvalue weighted by atomic mass is 10.1. The van der Waals surface area contributed by atoms with E-state index in [4.69, 9.17) is 10.5 Å². The molecule has 0 rings (SSSR count). The monoisotopic (exact) mass is 602 g/mol. The molecule has 0 spiro atoms. The summed E-state index contributed by atoms with van der Waals surface area (Å²) in [5.74, 6) is -1.43. The summed E-state index contributed by atoms with van der Waals surface area (Å²) in [6.45, 7) is 4.75. The van der Waals surface area contributed by atoms with E-state index in [1.165, 1.54) is 38.5 Å². The summed E-state index contributed by atoms with van der Waals surface area (Å²) in [6, 6.07) is -0.890. The van der Waals surface area contributed by atoms with Gasteiger partial charge in [-0.2, -0.15) is 0 Å². The first-order valence-electron chi connectivity index (χ1n) is 17.0. The van der Waals surface area contributed by atoms with Crippen LogP contribution in [0.4, 0.5) is 0 Å². The maximum absolute atomic E-state index is 12.5. The van der Waals surface area contributed by atoms with E-state index in [1.54, 1.807) is 0 Å². The molecular formula is C36H62N2O5. The molecule has 7 nitrogen and oxygen atoms in total. The van der Waals surface area contributed by atoms with Gasteiger partial charge < -0.3 is 20.9 Å². The summed E-state index contributed by atoms with van der Waals surface area (Å²) in [7, 11) is 0. The number of carboxylic acids is 1. The summed E-state index contributed by atoms with van der Waals surface area (Å²) in [4.78, 5) is 36.1. The number of carbonyl (C=O) groups excluding carboxylic acids is 2. The summed E-state index contributed by atoms with van der Waals surface area (Å²) in [5, 5.41) is 11.9. The lowest BCUT2D eigenvalue weighted by Gasteiger charge is -2.15. The highest BCUT2D eigenvalue weighted by Crippen LogP contribution is 2.14. The molecule has 0 fully saturated rings. The highest BCUT2D eigenvalue weighted by Gasteiger charge is 2.19. The zero-order valence-electron chi connectivity index (χ0n) is 27.3. The van der Waals surface area contributed by atoms with E-state index in [0.29, 0.717) is 38.6 Å². The molecule has 0 bridgehead atoms. The molecule has 1 amide bonds. The Morgan fingerprint density at radius 2 is 1.26 bits per heavy atom. The summed E-state index contributed by atoms with van der Waals surface area (Å²) >= 11 is 0. The molecule has 0 aromatic rings. The average Bonchev–Trinajstić information content (AvgIpc) is 2.98. The third-order valence-electron chi connectivity index (χ3n) is 7.14. The molecule has 43 heavy (non-hydrogen) atoms. The molecule has 0 aliphatic rings. The van der Waals surface area contributed by atoms with Gasteiger partial charge in [0, 0.05) is 12.8 Å². The van der Waals surface area contributed by atoms with Crippen molar-refractivity contribution in [1.82, 2.24) is 5.32 Å². The third kappa shape index (κ3) is 27.9. The molecule has 0 aromatic carbocycles. The van der Waals surface area contributed by atoms with Gasteiger partial charge in [0.15, 0.2) is 0 Å². The maximum atomic E-state index is 12.5. The fourth-order valence-electron chi connectivity index (χ4n) is 4.59. The van der Waals surface area contributed by atoms with Gasteiger partial charge in [-0.25, -0.2) is 4.79 Å². The van der Waals surface area contributed by atoms with Gasteiger partial charge in [-0.15, -0.1) is 0 Å². The van der Waals surface area contributed by atoms with Gasteiger partial charge in [0.1, 0.15) is 12.1 Å². The van der Waals surface area contributed by atoms with Crippen LogP contribution in [0.3, 0.4) is 0 Å². The summed E-state index contributed by atoms with van der Waals surface area (Å²) in [5.41, 5.74) is 5.46. The fraction of sp³-hybridized carbons (Fsp3) is 0.694. The van der Waals surface area contributed by atoms with Crippen LogP contribution in [0.2, 0.25) is 0 Å². The van der Waals surface area contributed by atoms with Gasteiger partial charge in [-0.1, -0.05) is 108 Å². The summed E-state index contributed by atoms with van der Waals surface area (Å²) in [6.07, 6.45) is 34.5. The smallest absolute Gasteiger partial charge is 0.326 e. The van der Waals surface area contributed by atoms with E-state index < -0.39 is 12.0 Å². The minimum absolute atomic E-state index is 0.144. The second-order valence-electron chi connectivity index (χ2n) is 11.2. The molecule has 2 unspecified atom stereocenters. The Morgan fingerprint density at radius 1 is 0.698 bits per heavy atom. The van der Waals surface area contributed by atoms with Gasteiger partial charge in [0.05, 0.1) is 0 Å². The predicted molar refractivity (Wildman–Crippen MR) is 179 cm³/mol. The number of aliphatic carboxylic acids is 1. The van der Waals surface area contributed by atoms with Gasteiger partial charge in [-0.3, -0.25) is 9.59 Å². The van der Waals surface area contributed by atoms with Crippen molar-refractivity contribution >= 4 is 17.8 Å². The molecule has 0 radical (unpaired) electrons. The van der Waals surface area contributed by atoms with Crippen molar-refractivity contribution in [3.8, 4) is 0 Å². The number of carbonyl (C=O) groups is 3. The van der Waals surface area contributed by atoms with E-state index >= 15 is 0 Å². The van der Waals surface area contributed by atoms with E-state index in [2.05, 4.69) is 61.7 Å². The Balaban J connectivity index is 4.59. The highest BCUT2D eigenvalue weighted by molar-refractivity contribution is 5.83. The van der Waals surface area contributed by atoms with Crippen molar-refractivity contribution in [3.63, 3.8) is 0 Å². The van der Waals surface area contributed by atoms with Crippen LogP contribution in [-0.4, -0.2) is 41.6 Å². The number of hydrogen-bond acceptors (Lipinski definition) is 5. The SMILES string of the molecule is CC/C=C\C/C=C\C/C=C\C/C=C\C(CCCCCC(=O)NC(CCCN)C(=O)O)OC(=O)CCCCCCCCCC. The zero-order chi connectivity index (χ0) is 31.8. The van der Waals surface area contributed by atoms with E-state index in [9.17, 15) is 19.5 Å². The van der Waals surface area contributed by atoms with Gasteiger partial charge >= 0.3 is 11.9 Å². The van der Waals surface area contributed by atoms with Crippen molar-refractivity contribution in [2.75, 3.05) is 6.54 Å². The van der Waals surface area contributed by atoms with Crippen molar-refractivity contribution in [2.24, 2.45) is 5.73 Å². The first kappa shape index (κ1) is 40.3. The second kappa shape index (κ2) is 30.8. The number of allylic oxidation sites excluding steroid dienone is 7. The number of esters is 1. The maximum Gasteiger partial charge on any atom is 0.326 e. The van der Waals surface area contributed by atoms with Crippen LogP contribution in [0, 0.1) is 0 Å². The molecule has 246 valence electrons. The number of unbranched alkanes of at least 4 members (excludes halogenated alkanes) is 9. The molecule has 0 aromatic heterocycles. The lowest BCUT2D eigenvalue weighted by Crippen LogP contribution is -2.40. The number of amides is 1. The minimum atomic E-state index is -1.03. The molecule has 0 saturated heterocycles. The standard InChI is InChI=1S/C36H62N2O5/c1-3-5-7-9-11-13-14-15-16-18-21-26-32(43-35(40)30-24-19-17-12-10-8-6-4-2)27-22-20-23-29-34(39)38-33(36(41)42)28-25-31-37/h5,7,11,13,15-16,21,26,32-33H,3-4,6,8-10,12,14,17-20,22-25,27-31,37H2,1-2H3,(H,38,39)(H,41,42)/b7-5-,13-11-,16-15-,26-21-. The number of ether oxygens (including phenoxy) is 1. The van der Waals surface area contributed by atoms with Crippen molar-refractivity contribution < 1.29 is 24.2 Å². The van der Waals surface area contributed by atoms with Gasteiger partial charge in [0.2, 0.25) is 5.91 Å². The first-order chi connectivity index (χ1) is 20.9. The van der Waals surface area contributed by atoms with Crippen molar-refractivity contribution in [2.45, 2.75) is 154 Å². The molecule has 0 heterocycles. The van der Waals surface area contributed by atoms with Crippen molar-refractivity contribution in [1.29, 1.82) is 0 Å². The van der Waals surface area contributed by atoms with Crippen LogP contribution in [0.25, 0.3) is 0 Å². The number of rotatable bonds is 29. The van der Waals surface area contributed by atoms with Gasteiger partial charge in [-0.05, 0) is 76.8 Å². The Kier molecular flexibility index (Phi) is 28.9. The Morgan fingerprint density at radius 3 is 1.86 bits per heavy atom. The van der Waals surface area contributed by atoms with Crippen LogP contribution < -0.4 is 11.1 Å². The third-order valence-corrected chi connectivity index (χ3v) is 7.14. The van der Waals surface area contributed by atoms with E-state index in [1.807, 2.05) is 6.08 Å². The number of nitrogens with one attached hydrogen (secondary N) is 1. The molecule has 4 N–H and O–H groups in total. The number of nitrogens with two attached hydrogens (primary N) is 1. The quantitative estimate of drug-likeness (QED) is 0.0449. The Hall–Kier alpha value is -2.67. The minimum Gasteiger partial charge on any atom is -0.480 e. The molecule has 0 aliphatic carbocycles. The normalized spacial score (nSPS) is 13.4. The van der Waals surface area contributed by atoms with E-state index in [-0.39, 0.29) is 24.4 Å². The molecule has 7 heteroatoms. The largest absolute Gasteiger partial charge is 0.480 e. The predicted octanol–water partition coefficient (Wildman–Crippen LogP) is 8.49. The fourth-order valence-corrected chi connectivity index (χ4v) is 4.59. The molecule has 0 aliphatic heterocycles. The first-order valence-corrected chi connectivity index (χ1v) is 17.0. The molecule has 0 saturated carbocycles. The molecule has 2 atom stereocenters. The number of hydrogen-bond donors (Lipinski definition) is 3. The van der Waals surface area contributed by atoms with Crippen LogP contribution in [-0.2, 0) is 19.1 Å². The van der Waals surface area contributed by atoms with Crippen LogP contribution >= 0.6 is 0 Å². The molecular weight excluding hydrogens is 540 g/mol. The Bertz CT molecular complexity index is 818. The van der Waals surface area contributed by atoms with Crippen molar-refractivity contribution in [3.05, 3.63) is 48.6 Å². The Labute approximate surface area is 262 Å². The summed E-state index contributed by atoms with van der Waals surface area (Å²) < 4.78 is 5.82. The lowest BCUT2D eigenvalue weighted by molar-refractivity contribution is -0.147. The van der Waals surface area contributed by atoms with Crippen LogP contribution in [0.15, 0.2) is 48.6 Å². The average molecular weight is 603 g/mol. The van der Waals surface area contributed by atoms with Gasteiger partial charge in [0.25, 0.3) is 0 Å². The van der Waals surface area contributed by atoms with Crippen LogP contribution in [0.5, 0.6) is 0 Å². The topological polar surface area (TPSA) is 119 Å². The second-order valence-corrected chi connectivity index (χ2v) is 11.2.